The topological polar surface area (TPSA) is 70.7 Å². The van der Waals surface area contributed by atoms with Crippen molar-refractivity contribution in [3.05, 3.63) is 60.2 Å². The van der Waals surface area contributed by atoms with E-state index in [4.69, 9.17) is 4.74 Å². The molecule has 1 atom stereocenters. The van der Waals surface area contributed by atoms with E-state index >= 15 is 0 Å². The molecule has 2 aromatic rings. The van der Waals surface area contributed by atoms with Gasteiger partial charge in [0.15, 0.2) is 0 Å². The first-order valence-electron chi connectivity index (χ1n) is 8.19. The molecule has 0 saturated carbocycles. The minimum Gasteiger partial charge on any atom is -0.495 e. The molecule has 3 rings (SSSR count). The fourth-order valence-electron chi connectivity index (χ4n) is 2.97. The van der Waals surface area contributed by atoms with Crippen molar-refractivity contribution in [2.75, 3.05) is 32.1 Å². The summed E-state index contributed by atoms with van der Waals surface area (Å²) in [5, 5.41) is 5.93. The van der Waals surface area contributed by atoms with Gasteiger partial charge in [-0.05, 0) is 17.7 Å². The third kappa shape index (κ3) is 3.74. The Kier molecular flexibility index (Phi) is 5.18. The van der Waals surface area contributed by atoms with Gasteiger partial charge in [0.2, 0.25) is 11.8 Å². The van der Waals surface area contributed by atoms with E-state index in [1.54, 1.807) is 12.0 Å². The molecule has 130 valence electrons. The Hall–Kier alpha value is -3.02. The molecule has 0 unspecified atom stereocenters. The third-order valence-corrected chi connectivity index (χ3v) is 4.18. The largest absolute Gasteiger partial charge is 0.495 e. The van der Waals surface area contributed by atoms with Gasteiger partial charge in [0.05, 0.1) is 19.3 Å². The van der Waals surface area contributed by atoms with Crippen LogP contribution < -0.4 is 15.4 Å². The molecule has 2 amide bonds. The zero-order valence-electron chi connectivity index (χ0n) is 14.1. The van der Waals surface area contributed by atoms with Gasteiger partial charge >= 0.3 is 0 Å². The van der Waals surface area contributed by atoms with E-state index in [9.17, 15) is 9.59 Å². The minimum atomic E-state index is -0.595. The van der Waals surface area contributed by atoms with E-state index in [0.29, 0.717) is 18.8 Å². The molecule has 1 aliphatic heterocycles. The fourth-order valence-corrected chi connectivity index (χ4v) is 2.97. The number of nitrogens with one attached hydrogen (secondary N) is 2. The average Bonchev–Trinajstić information content (AvgIpc) is 2.66. The lowest BCUT2D eigenvalue weighted by Crippen LogP contribution is -2.53. The zero-order valence-corrected chi connectivity index (χ0v) is 14.1. The highest BCUT2D eigenvalue weighted by molar-refractivity contribution is 5.91. The van der Waals surface area contributed by atoms with Crippen LogP contribution in [-0.2, 0) is 9.59 Å². The SMILES string of the molecule is COc1ccccc1NCC(=O)N1CCNC(=O)[C@H]1c1ccccc1. The Bertz CT molecular complexity index is 749. The number of hydrogen-bond acceptors (Lipinski definition) is 4. The minimum absolute atomic E-state index is 0.0942. The van der Waals surface area contributed by atoms with Crippen LogP contribution in [0.15, 0.2) is 54.6 Å². The first-order chi connectivity index (χ1) is 12.2. The molecule has 0 radical (unpaired) electrons. The highest BCUT2D eigenvalue weighted by Gasteiger charge is 2.33. The van der Waals surface area contributed by atoms with Gasteiger partial charge in [-0.25, -0.2) is 0 Å². The zero-order chi connectivity index (χ0) is 17.6. The first-order valence-corrected chi connectivity index (χ1v) is 8.19. The number of nitrogens with zero attached hydrogens (tertiary/aromatic N) is 1. The number of benzene rings is 2. The Morgan fingerprint density at radius 2 is 1.92 bits per heavy atom. The van der Waals surface area contributed by atoms with Crippen molar-refractivity contribution < 1.29 is 14.3 Å². The predicted molar refractivity (Wildman–Crippen MR) is 95.4 cm³/mol. The Morgan fingerprint density at radius 1 is 1.20 bits per heavy atom. The van der Waals surface area contributed by atoms with Crippen LogP contribution in [0.3, 0.4) is 0 Å². The fraction of sp³-hybridized carbons (Fsp3) is 0.263. The lowest BCUT2D eigenvalue weighted by Gasteiger charge is -2.35. The number of amides is 2. The molecule has 2 aromatic carbocycles. The van der Waals surface area contributed by atoms with Crippen LogP contribution in [-0.4, -0.2) is 43.5 Å². The summed E-state index contributed by atoms with van der Waals surface area (Å²) in [5.41, 5.74) is 1.56. The molecule has 25 heavy (non-hydrogen) atoms. The summed E-state index contributed by atoms with van der Waals surface area (Å²) in [5.74, 6) is 0.393. The Balaban J connectivity index is 1.74. The molecule has 0 aliphatic carbocycles. The number of rotatable bonds is 5. The molecule has 2 N–H and O–H groups in total. The van der Waals surface area contributed by atoms with Gasteiger partial charge in [-0.1, -0.05) is 42.5 Å². The molecule has 0 aromatic heterocycles. The van der Waals surface area contributed by atoms with E-state index in [1.807, 2.05) is 54.6 Å². The van der Waals surface area contributed by atoms with Crippen molar-refractivity contribution in [1.82, 2.24) is 10.2 Å². The molecule has 0 bridgehead atoms. The Labute approximate surface area is 146 Å². The number of para-hydroxylation sites is 2. The number of ether oxygens (including phenoxy) is 1. The molecular formula is C19H21N3O3. The maximum Gasteiger partial charge on any atom is 0.247 e. The van der Waals surface area contributed by atoms with Gasteiger partial charge in [-0.2, -0.15) is 0 Å². The van der Waals surface area contributed by atoms with E-state index in [-0.39, 0.29) is 18.4 Å². The average molecular weight is 339 g/mol. The van der Waals surface area contributed by atoms with Gasteiger partial charge in [0, 0.05) is 13.1 Å². The normalized spacial score (nSPS) is 16.9. The molecule has 1 heterocycles. The van der Waals surface area contributed by atoms with Crippen molar-refractivity contribution in [3.63, 3.8) is 0 Å². The van der Waals surface area contributed by atoms with Crippen LogP contribution in [0.2, 0.25) is 0 Å². The van der Waals surface area contributed by atoms with Crippen LogP contribution >= 0.6 is 0 Å². The molecule has 6 nitrogen and oxygen atoms in total. The molecule has 1 saturated heterocycles. The van der Waals surface area contributed by atoms with Crippen LogP contribution in [0, 0.1) is 0 Å². The van der Waals surface area contributed by atoms with Crippen molar-refractivity contribution in [1.29, 1.82) is 0 Å². The number of carbonyl (C=O) groups is 2. The van der Waals surface area contributed by atoms with Crippen molar-refractivity contribution in [3.8, 4) is 5.75 Å². The molecule has 1 aliphatic rings. The second-order valence-corrected chi connectivity index (χ2v) is 5.75. The number of carbonyl (C=O) groups excluding carboxylic acids is 2. The number of methoxy groups -OCH3 is 1. The summed E-state index contributed by atoms with van der Waals surface area (Å²) in [7, 11) is 1.59. The lowest BCUT2D eigenvalue weighted by molar-refractivity contribution is -0.142. The monoisotopic (exact) mass is 339 g/mol. The van der Waals surface area contributed by atoms with Gasteiger partial charge in [-0.3, -0.25) is 9.59 Å². The van der Waals surface area contributed by atoms with Crippen molar-refractivity contribution >= 4 is 17.5 Å². The Morgan fingerprint density at radius 3 is 2.68 bits per heavy atom. The highest BCUT2D eigenvalue weighted by Crippen LogP contribution is 2.25. The van der Waals surface area contributed by atoms with E-state index in [2.05, 4.69) is 10.6 Å². The number of anilines is 1. The summed E-state index contributed by atoms with van der Waals surface area (Å²) in [6, 6.07) is 16.2. The van der Waals surface area contributed by atoms with Gasteiger partial charge < -0.3 is 20.3 Å². The van der Waals surface area contributed by atoms with Crippen LogP contribution in [0.4, 0.5) is 5.69 Å². The highest BCUT2D eigenvalue weighted by atomic mass is 16.5. The smallest absolute Gasteiger partial charge is 0.247 e. The van der Waals surface area contributed by atoms with Crippen LogP contribution in [0.5, 0.6) is 5.75 Å². The third-order valence-electron chi connectivity index (χ3n) is 4.18. The van der Waals surface area contributed by atoms with E-state index in [0.717, 1.165) is 11.3 Å². The number of piperazine rings is 1. The van der Waals surface area contributed by atoms with Gasteiger partial charge in [-0.15, -0.1) is 0 Å². The first kappa shape index (κ1) is 16.8. The summed E-state index contributed by atoms with van der Waals surface area (Å²) in [6.07, 6.45) is 0. The van der Waals surface area contributed by atoms with Gasteiger partial charge in [0.1, 0.15) is 11.8 Å². The van der Waals surface area contributed by atoms with Crippen molar-refractivity contribution in [2.45, 2.75) is 6.04 Å². The van der Waals surface area contributed by atoms with E-state index < -0.39 is 6.04 Å². The molecule has 1 fully saturated rings. The summed E-state index contributed by atoms with van der Waals surface area (Å²) >= 11 is 0. The maximum atomic E-state index is 12.7. The molecule has 6 heteroatoms. The van der Waals surface area contributed by atoms with E-state index in [1.165, 1.54) is 0 Å². The van der Waals surface area contributed by atoms with Crippen LogP contribution in [0.1, 0.15) is 11.6 Å². The predicted octanol–water partition coefficient (Wildman–Crippen LogP) is 1.81. The van der Waals surface area contributed by atoms with Crippen molar-refractivity contribution in [2.24, 2.45) is 0 Å². The molecule has 0 spiro atoms. The summed E-state index contributed by atoms with van der Waals surface area (Å²) < 4.78 is 5.28. The summed E-state index contributed by atoms with van der Waals surface area (Å²) in [4.78, 5) is 26.7. The van der Waals surface area contributed by atoms with Crippen LogP contribution in [0.25, 0.3) is 0 Å². The second kappa shape index (κ2) is 7.70. The molecular weight excluding hydrogens is 318 g/mol. The maximum absolute atomic E-state index is 12.7. The van der Waals surface area contributed by atoms with Gasteiger partial charge in [0.25, 0.3) is 0 Å². The second-order valence-electron chi connectivity index (χ2n) is 5.75. The lowest BCUT2D eigenvalue weighted by atomic mass is 10.0. The number of hydrogen-bond donors (Lipinski definition) is 2. The quantitative estimate of drug-likeness (QED) is 0.872. The standard InChI is InChI=1S/C19H21N3O3/c1-25-16-10-6-5-9-15(16)21-13-17(23)22-12-11-20-19(24)18(22)14-7-3-2-4-8-14/h2-10,18,21H,11-13H2,1H3,(H,20,24)/t18-/m1/s1. The summed E-state index contributed by atoms with van der Waals surface area (Å²) in [6.45, 7) is 1.04.